The van der Waals surface area contributed by atoms with E-state index in [-0.39, 0.29) is 5.69 Å². The molecule has 0 aliphatic heterocycles. The molecule has 0 heterocycles. The quantitative estimate of drug-likeness (QED) is 0.624. The highest BCUT2D eigenvalue weighted by Crippen LogP contribution is 2.36. The molecule has 2 aromatic carbocycles. The number of hydrogen-bond acceptors (Lipinski definition) is 1. The third-order valence-corrected chi connectivity index (χ3v) is 3.24. The zero-order chi connectivity index (χ0) is 14.8. The predicted octanol–water partition coefficient (Wildman–Crippen LogP) is 5.76. The number of halogens is 5. The summed E-state index contributed by atoms with van der Waals surface area (Å²) in [4.78, 5) is 3.87. The van der Waals surface area contributed by atoms with Gasteiger partial charge in [-0.25, -0.2) is 0 Å². The molecule has 0 aromatic heterocycles. The van der Waals surface area contributed by atoms with Crippen molar-refractivity contribution in [2.75, 3.05) is 0 Å². The van der Waals surface area contributed by atoms with Gasteiger partial charge >= 0.3 is 6.18 Å². The number of para-hydroxylation sites is 1. The van der Waals surface area contributed by atoms with Crippen LogP contribution in [0.4, 0.5) is 18.9 Å². The lowest BCUT2D eigenvalue weighted by atomic mass is 10.1. The van der Waals surface area contributed by atoms with E-state index in [1.165, 1.54) is 30.5 Å². The minimum atomic E-state index is -4.44. The number of aliphatic imine (C=N–C) groups is 1. The smallest absolute Gasteiger partial charge is 0.256 e. The number of hydrogen-bond donors (Lipinski definition) is 0. The minimum absolute atomic E-state index is 0.147. The van der Waals surface area contributed by atoms with Crippen LogP contribution in [-0.4, -0.2) is 6.21 Å². The minimum Gasteiger partial charge on any atom is -0.256 e. The molecular weight excluding hydrogens is 310 g/mol. The van der Waals surface area contributed by atoms with Crippen LogP contribution in [0.15, 0.2) is 47.5 Å². The molecule has 0 spiro atoms. The van der Waals surface area contributed by atoms with Crippen LogP contribution in [0.2, 0.25) is 10.0 Å². The monoisotopic (exact) mass is 317 g/mol. The molecule has 0 radical (unpaired) electrons. The van der Waals surface area contributed by atoms with Crippen molar-refractivity contribution in [3.8, 4) is 0 Å². The summed E-state index contributed by atoms with van der Waals surface area (Å²) in [6.45, 7) is 0. The van der Waals surface area contributed by atoms with E-state index >= 15 is 0 Å². The normalized spacial score (nSPS) is 12.1. The van der Waals surface area contributed by atoms with Crippen LogP contribution >= 0.6 is 23.2 Å². The van der Waals surface area contributed by atoms with Gasteiger partial charge in [-0.1, -0.05) is 41.4 Å². The highest BCUT2D eigenvalue weighted by molar-refractivity contribution is 6.42. The zero-order valence-corrected chi connectivity index (χ0v) is 11.5. The highest BCUT2D eigenvalue weighted by Gasteiger charge is 2.32. The second-order valence-corrected chi connectivity index (χ2v) is 4.76. The molecular formula is C14H8Cl2F3N. The Kier molecular flexibility index (Phi) is 4.35. The van der Waals surface area contributed by atoms with Crippen molar-refractivity contribution in [1.82, 2.24) is 0 Å². The first kappa shape index (κ1) is 14.9. The van der Waals surface area contributed by atoms with E-state index in [0.29, 0.717) is 15.6 Å². The van der Waals surface area contributed by atoms with Crippen molar-refractivity contribution in [2.45, 2.75) is 6.18 Å². The molecule has 0 amide bonds. The van der Waals surface area contributed by atoms with Gasteiger partial charge < -0.3 is 0 Å². The molecule has 0 N–H and O–H groups in total. The maximum atomic E-state index is 12.8. The van der Waals surface area contributed by atoms with E-state index in [2.05, 4.69) is 4.99 Å². The lowest BCUT2D eigenvalue weighted by molar-refractivity contribution is -0.137. The van der Waals surface area contributed by atoms with Gasteiger partial charge in [0.25, 0.3) is 0 Å². The third kappa shape index (κ3) is 3.52. The topological polar surface area (TPSA) is 12.4 Å². The van der Waals surface area contributed by atoms with Gasteiger partial charge in [-0.2, -0.15) is 13.2 Å². The fourth-order valence-corrected chi connectivity index (χ4v) is 1.87. The first-order chi connectivity index (χ1) is 9.38. The van der Waals surface area contributed by atoms with E-state index in [1.807, 2.05) is 0 Å². The Morgan fingerprint density at radius 1 is 0.950 bits per heavy atom. The Morgan fingerprint density at radius 2 is 1.65 bits per heavy atom. The average Bonchev–Trinajstić information content (AvgIpc) is 2.39. The van der Waals surface area contributed by atoms with E-state index in [9.17, 15) is 13.2 Å². The van der Waals surface area contributed by atoms with Crippen LogP contribution in [0.5, 0.6) is 0 Å². The van der Waals surface area contributed by atoms with Gasteiger partial charge in [0.2, 0.25) is 0 Å². The largest absolute Gasteiger partial charge is 0.418 e. The Bertz CT molecular complexity index is 651. The summed E-state index contributed by atoms with van der Waals surface area (Å²) in [6.07, 6.45) is -3.13. The van der Waals surface area contributed by atoms with E-state index in [4.69, 9.17) is 23.2 Å². The summed E-state index contributed by atoms with van der Waals surface area (Å²) in [7, 11) is 0. The molecule has 0 aliphatic rings. The average molecular weight is 318 g/mol. The summed E-state index contributed by atoms with van der Waals surface area (Å²) < 4.78 is 38.3. The van der Waals surface area contributed by atoms with Gasteiger partial charge in [0.05, 0.1) is 21.3 Å². The number of nitrogens with zero attached hydrogens (tertiary/aromatic N) is 1. The van der Waals surface area contributed by atoms with Crippen LogP contribution in [0.3, 0.4) is 0 Å². The van der Waals surface area contributed by atoms with Crippen LogP contribution in [-0.2, 0) is 6.18 Å². The fraction of sp³-hybridized carbons (Fsp3) is 0.0714. The summed E-state index contributed by atoms with van der Waals surface area (Å²) in [6, 6.07) is 9.81. The third-order valence-electron chi connectivity index (χ3n) is 2.51. The summed E-state index contributed by atoms with van der Waals surface area (Å²) in [5, 5.41) is 0.694. The number of alkyl halides is 3. The zero-order valence-electron chi connectivity index (χ0n) is 9.96. The second kappa shape index (κ2) is 5.85. The maximum absolute atomic E-state index is 12.8. The Labute approximate surface area is 123 Å². The molecule has 0 atom stereocenters. The van der Waals surface area contributed by atoms with Crippen molar-refractivity contribution in [2.24, 2.45) is 4.99 Å². The highest BCUT2D eigenvalue weighted by atomic mass is 35.5. The van der Waals surface area contributed by atoms with Crippen molar-refractivity contribution in [1.29, 1.82) is 0 Å². The van der Waals surface area contributed by atoms with Crippen LogP contribution in [0.25, 0.3) is 0 Å². The van der Waals surface area contributed by atoms with Gasteiger partial charge in [0.1, 0.15) is 0 Å². The molecule has 0 bridgehead atoms. The molecule has 6 heteroatoms. The molecule has 20 heavy (non-hydrogen) atoms. The number of benzene rings is 2. The Morgan fingerprint density at radius 3 is 2.30 bits per heavy atom. The SMILES string of the molecule is FC(F)(F)c1ccccc1N=Cc1ccc(Cl)c(Cl)c1. The predicted molar refractivity (Wildman–Crippen MR) is 75.2 cm³/mol. The van der Waals surface area contributed by atoms with Crippen LogP contribution in [0.1, 0.15) is 11.1 Å². The van der Waals surface area contributed by atoms with E-state index < -0.39 is 11.7 Å². The summed E-state index contributed by atoms with van der Waals surface area (Å²) in [5.74, 6) is 0. The fourth-order valence-electron chi connectivity index (χ4n) is 1.56. The van der Waals surface area contributed by atoms with E-state index in [1.54, 1.807) is 12.1 Å². The molecule has 0 aliphatic carbocycles. The first-order valence-corrected chi connectivity index (χ1v) is 6.29. The molecule has 0 saturated heterocycles. The first-order valence-electron chi connectivity index (χ1n) is 5.53. The lowest BCUT2D eigenvalue weighted by Crippen LogP contribution is -2.04. The van der Waals surface area contributed by atoms with Crippen LogP contribution in [0, 0.1) is 0 Å². The molecule has 2 rings (SSSR count). The van der Waals surface area contributed by atoms with Crippen LogP contribution < -0.4 is 0 Å². The lowest BCUT2D eigenvalue weighted by Gasteiger charge is -2.08. The summed E-state index contributed by atoms with van der Waals surface area (Å²) >= 11 is 11.6. The van der Waals surface area contributed by atoms with Crippen molar-refractivity contribution in [3.63, 3.8) is 0 Å². The van der Waals surface area contributed by atoms with Crippen molar-refractivity contribution < 1.29 is 13.2 Å². The number of rotatable bonds is 2. The molecule has 104 valence electrons. The Hall–Kier alpha value is -1.52. The summed E-state index contributed by atoms with van der Waals surface area (Å²) in [5.41, 5.74) is -0.362. The molecule has 0 saturated carbocycles. The molecule has 0 unspecified atom stereocenters. The van der Waals surface area contributed by atoms with Crippen molar-refractivity contribution >= 4 is 35.1 Å². The molecule has 1 nitrogen and oxygen atoms in total. The Balaban J connectivity index is 2.34. The maximum Gasteiger partial charge on any atom is 0.418 e. The van der Waals surface area contributed by atoms with Gasteiger partial charge in [0, 0.05) is 6.21 Å². The van der Waals surface area contributed by atoms with Gasteiger partial charge in [-0.3, -0.25) is 4.99 Å². The molecule has 2 aromatic rings. The second-order valence-electron chi connectivity index (χ2n) is 3.95. The van der Waals surface area contributed by atoms with Crippen molar-refractivity contribution in [3.05, 3.63) is 63.6 Å². The van der Waals surface area contributed by atoms with Gasteiger partial charge in [-0.05, 0) is 29.8 Å². The van der Waals surface area contributed by atoms with Gasteiger partial charge in [-0.15, -0.1) is 0 Å². The molecule has 0 fully saturated rings. The standard InChI is InChI=1S/C14H8Cl2F3N/c15-11-6-5-9(7-12(11)16)8-20-13-4-2-1-3-10(13)14(17,18)19/h1-8H. The van der Waals surface area contributed by atoms with Gasteiger partial charge in [0.15, 0.2) is 0 Å². The van der Waals surface area contributed by atoms with E-state index in [0.717, 1.165) is 6.07 Å².